The number of nitrogens with zero attached hydrogens (tertiary/aromatic N) is 1. The Kier molecular flexibility index (Phi) is 6.21. The molecule has 0 saturated carbocycles. The Labute approximate surface area is 165 Å². The van der Waals surface area contributed by atoms with Gasteiger partial charge in [0, 0.05) is 18.1 Å². The molecule has 1 aliphatic heterocycles. The van der Waals surface area contributed by atoms with Gasteiger partial charge in [-0.2, -0.15) is 4.31 Å². The summed E-state index contributed by atoms with van der Waals surface area (Å²) in [5, 5.41) is 0.306. The molecule has 1 saturated heterocycles. The van der Waals surface area contributed by atoms with Gasteiger partial charge in [0.05, 0.1) is 17.6 Å². The number of hydrogen-bond acceptors (Lipinski definition) is 3. The molecule has 0 amide bonds. The monoisotopic (exact) mass is 411 g/mol. The molecule has 0 atom stereocenters. The summed E-state index contributed by atoms with van der Waals surface area (Å²) >= 11 is 5.97. The van der Waals surface area contributed by atoms with E-state index in [1.165, 1.54) is 16.4 Å². The molecular weight excluding hydrogens is 389 g/mol. The second-order valence-corrected chi connectivity index (χ2v) is 9.58. The quantitative estimate of drug-likeness (QED) is 0.683. The summed E-state index contributed by atoms with van der Waals surface area (Å²) in [7, 11) is -3.50. The van der Waals surface area contributed by atoms with Crippen molar-refractivity contribution < 1.29 is 17.5 Å². The Balaban J connectivity index is 1.54. The summed E-state index contributed by atoms with van der Waals surface area (Å²) in [4.78, 5) is 0.301. The molecule has 27 heavy (non-hydrogen) atoms. The van der Waals surface area contributed by atoms with Crippen molar-refractivity contribution in [3.63, 3.8) is 0 Å². The van der Waals surface area contributed by atoms with Gasteiger partial charge in [0.25, 0.3) is 0 Å². The van der Waals surface area contributed by atoms with E-state index in [1.54, 1.807) is 18.2 Å². The van der Waals surface area contributed by atoms with Crippen LogP contribution in [0.15, 0.2) is 47.4 Å². The SMILES string of the molecule is CC(C)Cc1ccc(S(=O)(=O)N2CC(OCc3ccc(F)cc3Cl)C2)cc1. The molecule has 1 fully saturated rings. The number of ether oxygens (including phenoxy) is 1. The second kappa shape index (κ2) is 8.27. The highest BCUT2D eigenvalue weighted by atomic mass is 35.5. The van der Waals surface area contributed by atoms with Crippen LogP contribution in [-0.4, -0.2) is 31.9 Å². The van der Waals surface area contributed by atoms with Gasteiger partial charge in [-0.15, -0.1) is 0 Å². The predicted molar refractivity (Wildman–Crippen MR) is 104 cm³/mol. The Morgan fingerprint density at radius 3 is 2.44 bits per heavy atom. The minimum absolute atomic E-state index is 0.193. The lowest BCUT2D eigenvalue weighted by molar-refractivity contribution is -0.0295. The van der Waals surface area contributed by atoms with E-state index in [0.717, 1.165) is 12.0 Å². The van der Waals surface area contributed by atoms with Gasteiger partial charge in [-0.3, -0.25) is 0 Å². The maximum atomic E-state index is 13.1. The van der Waals surface area contributed by atoms with Crippen LogP contribution in [0.5, 0.6) is 0 Å². The van der Waals surface area contributed by atoms with Crippen molar-refractivity contribution in [2.24, 2.45) is 5.92 Å². The maximum absolute atomic E-state index is 13.1. The van der Waals surface area contributed by atoms with E-state index in [9.17, 15) is 12.8 Å². The molecule has 0 aromatic heterocycles. The highest BCUT2D eigenvalue weighted by molar-refractivity contribution is 7.89. The fraction of sp³-hybridized carbons (Fsp3) is 0.400. The molecule has 0 unspecified atom stereocenters. The lowest BCUT2D eigenvalue weighted by Crippen LogP contribution is -2.54. The van der Waals surface area contributed by atoms with Crippen molar-refractivity contribution in [2.45, 2.75) is 37.9 Å². The van der Waals surface area contributed by atoms with E-state index in [2.05, 4.69) is 13.8 Å². The zero-order valence-electron chi connectivity index (χ0n) is 15.4. The summed E-state index contributed by atoms with van der Waals surface area (Å²) in [6.45, 7) is 5.08. The minimum Gasteiger partial charge on any atom is -0.371 e. The molecule has 146 valence electrons. The molecule has 0 aliphatic carbocycles. The van der Waals surface area contributed by atoms with Gasteiger partial charge in [0.15, 0.2) is 0 Å². The van der Waals surface area contributed by atoms with Crippen LogP contribution in [0, 0.1) is 11.7 Å². The van der Waals surface area contributed by atoms with Gasteiger partial charge < -0.3 is 4.74 Å². The van der Waals surface area contributed by atoms with Crippen molar-refractivity contribution in [1.82, 2.24) is 4.31 Å². The molecule has 1 aliphatic rings. The van der Waals surface area contributed by atoms with Crippen molar-refractivity contribution in [3.8, 4) is 0 Å². The standard InChI is InChI=1S/C20H23ClFNO3S/c1-14(2)9-15-3-7-19(8-4-15)27(24,25)23-11-18(12-23)26-13-16-5-6-17(22)10-20(16)21/h3-8,10,14,18H,9,11-13H2,1-2H3. The fourth-order valence-corrected chi connectivity index (χ4v) is 4.69. The largest absolute Gasteiger partial charge is 0.371 e. The van der Waals surface area contributed by atoms with Gasteiger partial charge in [-0.05, 0) is 47.7 Å². The Morgan fingerprint density at radius 1 is 1.19 bits per heavy atom. The van der Waals surface area contributed by atoms with Crippen LogP contribution in [0.25, 0.3) is 0 Å². The van der Waals surface area contributed by atoms with Gasteiger partial charge in [0.2, 0.25) is 10.0 Å². The van der Waals surface area contributed by atoms with Gasteiger partial charge in [-0.25, -0.2) is 12.8 Å². The molecule has 4 nitrogen and oxygen atoms in total. The molecule has 7 heteroatoms. The highest BCUT2D eigenvalue weighted by Crippen LogP contribution is 2.25. The first-order valence-corrected chi connectivity index (χ1v) is 10.7. The van der Waals surface area contributed by atoms with Crippen LogP contribution >= 0.6 is 11.6 Å². The van der Waals surface area contributed by atoms with Crippen molar-refractivity contribution in [3.05, 3.63) is 64.4 Å². The lowest BCUT2D eigenvalue weighted by atomic mass is 10.0. The summed E-state index contributed by atoms with van der Waals surface area (Å²) in [5.41, 5.74) is 1.81. The van der Waals surface area contributed by atoms with Crippen molar-refractivity contribution in [1.29, 1.82) is 0 Å². The van der Waals surface area contributed by atoms with E-state index in [0.29, 0.717) is 34.5 Å². The third kappa shape index (κ3) is 4.88. The second-order valence-electron chi connectivity index (χ2n) is 7.23. The average Bonchev–Trinajstić information content (AvgIpc) is 2.55. The normalized spacial score (nSPS) is 15.9. The predicted octanol–water partition coefficient (Wildman–Crippen LogP) is 4.27. The molecule has 2 aromatic carbocycles. The van der Waals surface area contributed by atoms with E-state index < -0.39 is 15.8 Å². The molecular formula is C20H23ClFNO3S. The number of sulfonamides is 1. The summed E-state index contributed by atoms with van der Waals surface area (Å²) < 4.78 is 45.5. The Morgan fingerprint density at radius 2 is 1.85 bits per heavy atom. The average molecular weight is 412 g/mol. The Bertz CT molecular complexity index is 894. The van der Waals surface area contributed by atoms with E-state index in [1.807, 2.05) is 12.1 Å². The lowest BCUT2D eigenvalue weighted by Gasteiger charge is -2.37. The zero-order chi connectivity index (χ0) is 19.6. The molecule has 0 bridgehead atoms. The number of hydrogen-bond donors (Lipinski definition) is 0. The van der Waals surface area contributed by atoms with Gasteiger partial charge in [-0.1, -0.05) is 43.6 Å². The third-order valence-electron chi connectivity index (χ3n) is 4.51. The molecule has 1 heterocycles. The van der Waals surface area contributed by atoms with Gasteiger partial charge in [0.1, 0.15) is 5.82 Å². The smallest absolute Gasteiger partial charge is 0.243 e. The fourth-order valence-electron chi connectivity index (χ4n) is 2.97. The summed E-state index contributed by atoms with van der Waals surface area (Å²) in [5.74, 6) is 0.124. The first kappa shape index (κ1) is 20.3. The van der Waals surface area contributed by atoms with E-state index >= 15 is 0 Å². The number of rotatable bonds is 7. The highest BCUT2D eigenvalue weighted by Gasteiger charge is 2.37. The number of halogens is 2. The first-order valence-electron chi connectivity index (χ1n) is 8.90. The summed E-state index contributed by atoms with van der Waals surface area (Å²) in [6, 6.07) is 11.2. The van der Waals surface area contributed by atoms with Crippen LogP contribution in [0.3, 0.4) is 0 Å². The summed E-state index contributed by atoms with van der Waals surface area (Å²) in [6.07, 6.45) is 0.729. The molecule has 2 aromatic rings. The van der Waals surface area contributed by atoms with E-state index in [4.69, 9.17) is 16.3 Å². The van der Waals surface area contributed by atoms with E-state index in [-0.39, 0.29) is 12.7 Å². The molecule has 3 rings (SSSR count). The van der Waals surface area contributed by atoms with Gasteiger partial charge >= 0.3 is 0 Å². The maximum Gasteiger partial charge on any atom is 0.243 e. The minimum atomic E-state index is -3.50. The van der Waals surface area contributed by atoms with Crippen LogP contribution in [0.2, 0.25) is 5.02 Å². The zero-order valence-corrected chi connectivity index (χ0v) is 16.9. The molecule has 0 N–H and O–H groups in total. The van der Waals surface area contributed by atoms with Crippen LogP contribution in [0.1, 0.15) is 25.0 Å². The first-order chi connectivity index (χ1) is 12.8. The molecule has 0 spiro atoms. The molecule has 0 radical (unpaired) electrons. The van der Waals surface area contributed by atoms with Crippen molar-refractivity contribution >= 4 is 21.6 Å². The van der Waals surface area contributed by atoms with Crippen molar-refractivity contribution in [2.75, 3.05) is 13.1 Å². The van der Waals surface area contributed by atoms with Crippen LogP contribution in [-0.2, 0) is 27.8 Å². The Hall–Kier alpha value is -1.47. The topological polar surface area (TPSA) is 46.6 Å². The van der Waals surface area contributed by atoms with Crippen LogP contribution < -0.4 is 0 Å². The van der Waals surface area contributed by atoms with Crippen LogP contribution in [0.4, 0.5) is 4.39 Å². The number of benzene rings is 2. The third-order valence-corrected chi connectivity index (χ3v) is 6.71.